The number of rotatable bonds is 13. The van der Waals surface area contributed by atoms with Crippen LogP contribution in [-0.4, -0.2) is 69.7 Å². The van der Waals surface area contributed by atoms with Crippen molar-refractivity contribution in [2.75, 3.05) is 5.75 Å². The Morgan fingerprint density at radius 1 is 0.939 bits per heavy atom. The van der Waals surface area contributed by atoms with Crippen LogP contribution >= 0.6 is 12.6 Å². The van der Waals surface area contributed by atoms with Gasteiger partial charge in [-0.15, -0.1) is 0 Å². The Bertz CT molecular complexity index is 863. The lowest BCUT2D eigenvalue weighted by Crippen LogP contribution is -2.57. The van der Waals surface area contributed by atoms with Crippen LogP contribution in [0.5, 0.6) is 5.75 Å². The summed E-state index contributed by atoms with van der Waals surface area (Å²) in [6.45, 7) is 1.41. The van der Waals surface area contributed by atoms with Gasteiger partial charge in [-0.3, -0.25) is 19.2 Å². The topological polar surface area (TPSA) is 214 Å². The van der Waals surface area contributed by atoms with Crippen LogP contribution in [0, 0.1) is 0 Å². The fraction of sp³-hybridized carbons (Fsp3) is 0.450. The van der Waals surface area contributed by atoms with Crippen molar-refractivity contribution in [3.8, 4) is 5.75 Å². The summed E-state index contributed by atoms with van der Waals surface area (Å²) in [5.41, 5.74) is 11.2. The highest BCUT2D eigenvalue weighted by Crippen LogP contribution is 2.12. The Morgan fingerprint density at radius 3 is 1.94 bits per heavy atom. The molecule has 0 aliphatic heterocycles. The highest BCUT2D eigenvalue weighted by atomic mass is 32.1. The molecule has 0 spiro atoms. The molecule has 0 aromatic heterocycles. The maximum absolute atomic E-state index is 12.9. The first kappa shape index (κ1) is 27.7. The second-order valence-corrected chi connectivity index (χ2v) is 7.73. The molecule has 0 saturated carbocycles. The third-order valence-corrected chi connectivity index (χ3v) is 4.90. The summed E-state index contributed by atoms with van der Waals surface area (Å²) < 4.78 is 0. The number of aliphatic carboxylic acids is 1. The Labute approximate surface area is 195 Å². The summed E-state index contributed by atoms with van der Waals surface area (Å²) >= 11 is 3.90. The fourth-order valence-electron chi connectivity index (χ4n) is 2.67. The zero-order valence-electron chi connectivity index (χ0n) is 18.0. The lowest BCUT2D eigenvalue weighted by Gasteiger charge is -2.24. The molecule has 182 valence electrons. The highest BCUT2D eigenvalue weighted by molar-refractivity contribution is 7.80. The molecule has 33 heavy (non-hydrogen) atoms. The van der Waals surface area contributed by atoms with Crippen molar-refractivity contribution >= 4 is 42.2 Å². The summed E-state index contributed by atoms with van der Waals surface area (Å²) in [6.07, 6.45) is -0.408. The molecule has 0 aliphatic rings. The van der Waals surface area contributed by atoms with Crippen molar-refractivity contribution in [1.29, 1.82) is 0 Å². The van der Waals surface area contributed by atoms with Gasteiger partial charge < -0.3 is 37.6 Å². The lowest BCUT2D eigenvalue weighted by atomic mass is 10.0. The third-order valence-electron chi connectivity index (χ3n) is 4.53. The standard InChI is InChI=1S/C20H29N5O7S/c1-10(21)17(28)23-13(6-7-16(22)27)18(29)24-14(8-11-2-4-12(26)5-3-11)19(30)25-15(9-33)20(31)32/h2-5,10,13-15,26,33H,6-9,21H2,1H3,(H2,22,27)(H,23,28)(H,24,29)(H,25,30)(H,31,32). The van der Waals surface area contributed by atoms with Crippen molar-refractivity contribution < 1.29 is 34.2 Å². The maximum atomic E-state index is 12.9. The highest BCUT2D eigenvalue weighted by Gasteiger charge is 2.30. The van der Waals surface area contributed by atoms with E-state index in [2.05, 4.69) is 28.6 Å². The van der Waals surface area contributed by atoms with Gasteiger partial charge in [0.25, 0.3) is 0 Å². The van der Waals surface area contributed by atoms with Crippen molar-refractivity contribution in [3.05, 3.63) is 29.8 Å². The predicted molar refractivity (Wildman–Crippen MR) is 121 cm³/mol. The summed E-state index contributed by atoms with van der Waals surface area (Å²) in [6, 6.07) is 1.13. The number of carbonyl (C=O) groups excluding carboxylic acids is 4. The molecule has 4 unspecified atom stereocenters. The average Bonchev–Trinajstić information content (AvgIpc) is 2.74. The van der Waals surface area contributed by atoms with E-state index in [9.17, 15) is 34.2 Å². The number of phenolic OH excluding ortho intramolecular Hbond substituents is 1. The van der Waals surface area contributed by atoms with Gasteiger partial charge in [0.15, 0.2) is 0 Å². The Kier molecular flexibility index (Phi) is 11.2. The number of carboxylic acid groups (broad SMARTS) is 1. The van der Waals surface area contributed by atoms with Crippen molar-refractivity contribution in [1.82, 2.24) is 16.0 Å². The van der Waals surface area contributed by atoms with Crippen LogP contribution in [0.4, 0.5) is 0 Å². The van der Waals surface area contributed by atoms with Crippen LogP contribution in [0.3, 0.4) is 0 Å². The normalized spacial score (nSPS) is 14.3. The third kappa shape index (κ3) is 9.78. The largest absolute Gasteiger partial charge is 0.508 e. The quantitative estimate of drug-likeness (QED) is 0.147. The number of carboxylic acids is 1. The van der Waals surface area contributed by atoms with Crippen LogP contribution in [0.15, 0.2) is 24.3 Å². The molecule has 0 bridgehead atoms. The van der Waals surface area contributed by atoms with Crippen LogP contribution in [0.1, 0.15) is 25.3 Å². The summed E-state index contributed by atoms with van der Waals surface area (Å²) in [7, 11) is 0. The zero-order chi connectivity index (χ0) is 25.1. The van der Waals surface area contributed by atoms with Crippen molar-refractivity contribution in [2.45, 2.75) is 50.4 Å². The molecule has 1 rings (SSSR count). The van der Waals surface area contributed by atoms with Gasteiger partial charge in [-0.2, -0.15) is 12.6 Å². The van der Waals surface area contributed by atoms with E-state index in [4.69, 9.17) is 11.5 Å². The molecule has 0 fully saturated rings. The predicted octanol–water partition coefficient (Wildman–Crippen LogP) is -1.98. The number of phenols is 1. The zero-order valence-corrected chi connectivity index (χ0v) is 18.9. The number of aromatic hydroxyl groups is 1. The van der Waals surface area contributed by atoms with Gasteiger partial charge in [0.2, 0.25) is 23.6 Å². The Balaban J connectivity index is 3.11. The van der Waals surface area contributed by atoms with Gasteiger partial charge in [0, 0.05) is 18.6 Å². The summed E-state index contributed by atoms with van der Waals surface area (Å²) in [4.78, 5) is 60.1. The number of nitrogens with one attached hydrogen (secondary N) is 3. The molecule has 13 heteroatoms. The number of hydrogen-bond donors (Lipinski definition) is 8. The van der Waals surface area contributed by atoms with Crippen LogP contribution in [0.2, 0.25) is 0 Å². The molecule has 0 saturated heterocycles. The Hall–Kier alpha value is -3.32. The van der Waals surface area contributed by atoms with Crippen molar-refractivity contribution in [2.24, 2.45) is 11.5 Å². The van der Waals surface area contributed by atoms with E-state index in [1.165, 1.54) is 31.2 Å². The van der Waals surface area contributed by atoms with Gasteiger partial charge in [0.1, 0.15) is 23.9 Å². The van der Waals surface area contributed by atoms with Gasteiger partial charge in [-0.25, -0.2) is 4.79 Å². The number of amides is 4. The smallest absolute Gasteiger partial charge is 0.327 e. The minimum Gasteiger partial charge on any atom is -0.508 e. The number of carbonyl (C=O) groups is 5. The van der Waals surface area contributed by atoms with E-state index >= 15 is 0 Å². The van der Waals surface area contributed by atoms with E-state index in [1.54, 1.807) is 0 Å². The molecular formula is C20H29N5O7S. The van der Waals surface area contributed by atoms with Gasteiger partial charge in [0.05, 0.1) is 6.04 Å². The molecule has 12 nitrogen and oxygen atoms in total. The number of primary amides is 1. The molecule has 4 amide bonds. The lowest BCUT2D eigenvalue weighted by molar-refractivity contribution is -0.141. The van der Waals surface area contributed by atoms with Crippen LogP contribution in [-0.2, 0) is 30.4 Å². The number of hydrogen-bond acceptors (Lipinski definition) is 8. The van der Waals surface area contributed by atoms with Crippen LogP contribution in [0.25, 0.3) is 0 Å². The summed E-state index contributed by atoms with van der Waals surface area (Å²) in [5, 5.41) is 25.8. The second kappa shape index (κ2) is 13.3. The molecular weight excluding hydrogens is 454 g/mol. The van der Waals surface area contributed by atoms with Crippen molar-refractivity contribution in [3.63, 3.8) is 0 Å². The minimum atomic E-state index is -1.31. The summed E-state index contributed by atoms with van der Waals surface area (Å²) in [5.74, 6) is -4.44. The van der Waals surface area contributed by atoms with Crippen LogP contribution < -0.4 is 27.4 Å². The SMILES string of the molecule is CC(N)C(=O)NC(CCC(N)=O)C(=O)NC(Cc1ccc(O)cc1)C(=O)NC(CS)C(=O)O. The fourth-order valence-corrected chi connectivity index (χ4v) is 2.91. The van der Waals surface area contributed by atoms with E-state index in [1.807, 2.05) is 0 Å². The van der Waals surface area contributed by atoms with E-state index in [-0.39, 0.29) is 30.8 Å². The van der Waals surface area contributed by atoms with E-state index < -0.39 is 53.8 Å². The average molecular weight is 484 g/mol. The first-order valence-electron chi connectivity index (χ1n) is 10.0. The molecule has 4 atom stereocenters. The van der Waals surface area contributed by atoms with Gasteiger partial charge >= 0.3 is 5.97 Å². The first-order valence-corrected chi connectivity index (χ1v) is 10.6. The van der Waals surface area contributed by atoms with E-state index in [0.717, 1.165) is 0 Å². The van der Waals surface area contributed by atoms with Gasteiger partial charge in [-0.05, 0) is 31.0 Å². The molecule has 1 aromatic rings. The minimum absolute atomic E-state index is 0.00469. The Morgan fingerprint density at radius 2 is 1.45 bits per heavy atom. The molecule has 0 heterocycles. The number of nitrogens with two attached hydrogens (primary N) is 2. The maximum Gasteiger partial charge on any atom is 0.327 e. The number of benzene rings is 1. The molecule has 0 radical (unpaired) electrons. The van der Waals surface area contributed by atoms with E-state index in [0.29, 0.717) is 5.56 Å². The first-order chi connectivity index (χ1) is 15.4. The molecule has 0 aliphatic carbocycles. The monoisotopic (exact) mass is 483 g/mol. The number of thiol groups is 1. The van der Waals surface area contributed by atoms with Gasteiger partial charge in [-0.1, -0.05) is 12.1 Å². The molecule has 1 aromatic carbocycles. The second-order valence-electron chi connectivity index (χ2n) is 7.37. The molecule has 9 N–H and O–H groups in total.